The van der Waals surface area contributed by atoms with Crippen LogP contribution < -0.4 is 0 Å². The molecule has 0 bridgehead atoms. The lowest BCUT2D eigenvalue weighted by Crippen LogP contribution is -2.51. The zero-order valence-electron chi connectivity index (χ0n) is 42.5. The van der Waals surface area contributed by atoms with E-state index in [-0.39, 0.29) is 6.10 Å². The van der Waals surface area contributed by atoms with Crippen molar-refractivity contribution in [3.8, 4) is 0 Å². The van der Waals surface area contributed by atoms with Crippen molar-refractivity contribution in [1.82, 2.24) is 4.90 Å². The van der Waals surface area contributed by atoms with Crippen molar-refractivity contribution in [1.29, 1.82) is 0 Å². The van der Waals surface area contributed by atoms with Crippen LogP contribution in [0.25, 0.3) is 0 Å². The van der Waals surface area contributed by atoms with Gasteiger partial charge in [-0.2, -0.15) is 0 Å². The zero-order chi connectivity index (χ0) is 44.6. The molecule has 4 fully saturated rings. The first kappa shape index (κ1) is 53.2. The van der Waals surface area contributed by atoms with Crippen molar-refractivity contribution in [2.75, 3.05) is 72.5 Å². The van der Waals surface area contributed by atoms with Gasteiger partial charge < -0.3 is 23.7 Å². The van der Waals surface area contributed by atoms with Crippen LogP contribution in [-0.2, 0) is 23.7 Å². The molecule has 0 radical (unpaired) electrons. The summed E-state index contributed by atoms with van der Waals surface area (Å²) in [6, 6.07) is 0. The first-order chi connectivity index (χ1) is 30.7. The molecule has 0 aromatic carbocycles. The molecule has 5 rings (SSSR count). The SMILES string of the molecule is CCCCCCCC/C=C\CCCCCCCCOCC(CCN1CCOCC1)OCCOCCOC1CCC2(C)C(=CCC3C2CCC2(C)C(C(C)CCCC(C)C)CCC32)C1. The summed E-state index contributed by atoms with van der Waals surface area (Å²) in [5, 5.41) is 0. The Labute approximate surface area is 390 Å². The summed E-state index contributed by atoms with van der Waals surface area (Å²) in [5.41, 5.74) is 2.67. The van der Waals surface area contributed by atoms with Gasteiger partial charge in [-0.3, -0.25) is 4.90 Å². The number of morpholine rings is 1. The van der Waals surface area contributed by atoms with Crippen LogP contribution in [0.15, 0.2) is 23.8 Å². The second kappa shape index (κ2) is 29.9. The van der Waals surface area contributed by atoms with Gasteiger partial charge >= 0.3 is 0 Å². The molecule has 0 N–H and O–H groups in total. The number of ether oxygens (including phenoxy) is 5. The fraction of sp³-hybridized carbons (Fsp3) is 0.930. The maximum absolute atomic E-state index is 6.52. The highest BCUT2D eigenvalue weighted by atomic mass is 16.6. The number of hydrogen-bond donors (Lipinski definition) is 0. The Hall–Kier alpha value is -0.760. The van der Waals surface area contributed by atoms with Gasteiger partial charge in [0.2, 0.25) is 0 Å². The van der Waals surface area contributed by atoms with E-state index >= 15 is 0 Å². The lowest BCUT2D eigenvalue weighted by molar-refractivity contribution is -0.0728. The molecule has 1 saturated heterocycles. The summed E-state index contributed by atoms with van der Waals surface area (Å²) < 4.78 is 30.8. The van der Waals surface area contributed by atoms with Crippen molar-refractivity contribution >= 4 is 0 Å². The number of fused-ring (bicyclic) bond motifs is 5. The summed E-state index contributed by atoms with van der Waals surface area (Å²) in [6.07, 6.45) is 42.7. The van der Waals surface area contributed by atoms with Gasteiger partial charge in [0.05, 0.1) is 58.5 Å². The Bertz CT molecular complexity index is 1250. The lowest BCUT2D eigenvalue weighted by Gasteiger charge is -2.58. The van der Waals surface area contributed by atoms with Gasteiger partial charge in [-0.25, -0.2) is 0 Å². The standard InChI is InChI=1S/C57H103NO5/c1-7-8-9-10-11-12-13-14-15-16-17-18-19-20-21-22-38-61-46-51(32-35-58-36-39-59-40-37-58)63-44-42-60-41-43-62-50-30-33-56(5)49(45-50)26-27-52-54-29-28-53(48(4)25-23-24-47(2)3)57(54,6)34-31-55(52)56/h14-15,26,47-48,50-55H,7-13,16-25,27-46H2,1-6H3/b15-14-. The minimum atomic E-state index is 0.109. The molecule has 0 aromatic rings. The maximum atomic E-state index is 6.52. The highest BCUT2D eigenvalue weighted by Gasteiger charge is 2.59. The predicted molar refractivity (Wildman–Crippen MR) is 265 cm³/mol. The third kappa shape index (κ3) is 17.7. The van der Waals surface area contributed by atoms with Crippen LogP contribution in [0, 0.1) is 46.3 Å². The molecule has 9 unspecified atom stereocenters. The molecule has 1 aliphatic heterocycles. The highest BCUT2D eigenvalue weighted by molar-refractivity contribution is 5.25. The van der Waals surface area contributed by atoms with Crippen molar-refractivity contribution in [3.05, 3.63) is 23.8 Å². The zero-order valence-corrected chi connectivity index (χ0v) is 42.5. The predicted octanol–water partition coefficient (Wildman–Crippen LogP) is 14.6. The summed E-state index contributed by atoms with van der Waals surface area (Å²) in [5.74, 6) is 5.35. The normalized spacial score (nSPS) is 29.8. The molecule has 0 spiro atoms. The molecule has 63 heavy (non-hydrogen) atoms. The van der Waals surface area contributed by atoms with Crippen molar-refractivity contribution < 1.29 is 23.7 Å². The average Bonchev–Trinajstić information content (AvgIpc) is 3.64. The third-order valence-corrected chi connectivity index (χ3v) is 17.4. The van der Waals surface area contributed by atoms with Crippen LogP contribution in [0.3, 0.4) is 0 Å². The molecule has 1 heterocycles. The van der Waals surface area contributed by atoms with E-state index < -0.39 is 0 Å². The Morgan fingerprint density at radius 3 is 2.17 bits per heavy atom. The molecular formula is C57H103NO5. The smallest absolute Gasteiger partial charge is 0.0821 e. The van der Waals surface area contributed by atoms with E-state index in [2.05, 4.69) is 64.7 Å². The number of hydrogen-bond acceptors (Lipinski definition) is 6. The molecule has 3 saturated carbocycles. The van der Waals surface area contributed by atoms with Crippen LogP contribution in [0.2, 0.25) is 0 Å². The minimum absolute atomic E-state index is 0.109. The Kier molecular flexibility index (Phi) is 25.2. The summed E-state index contributed by atoms with van der Waals surface area (Å²) >= 11 is 0. The Morgan fingerprint density at radius 1 is 0.714 bits per heavy atom. The summed E-state index contributed by atoms with van der Waals surface area (Å²) in [7, 11) is 0. The van der Waals surface area contributed by atoms with E-state index in [0.29, 0.717) is 50.0 Å². The lowest BCUT2D eigenvalue weighted by atomic mass is 9.47. The molecule has 0 aromatic heterocycles. The molecule has 0 amide bonds. The topological polar surface area (TPSA) is 49.4 Å². The van der Waals surface area contributed by atoms with Crippen molar-refractivity contribution in [2.24, 2.45) is 46.3 Å². The minimum Gasteiger partial charge on any atom is -0.379 e. The van der Waals surface area contributed by atoms with Gasteiger partial charge in [-0.05, 0) is 136 Å². The van der Waals surface area contributed by atoms with Gasteiger partial charge in [0.25, 0.3) is 0 Å². The first-order valence-electron chi connectivity index (χ1n) is 27.8. The number of nitrogens with zero attached hydrogens (tertiary/aromatic N) is 1. The van der Waals surface area contributed by atoms with Crippen LogP contribution in [0.1, 0.15) is 208 Å². The summed E-state index contributed by atoms with van der Waals surface area (Å²) in [6.45, 7) is 23.9. The first-order valence-corrected chi connectivity index (χ1v) is 27.8. The van der Waals surface area contributed by atoms with Crippen molar-refractivity contribution in [2.45, 2.75) is 221 Å². The molecule has 9 atom stereocenters. The quantitative estimate of drug-likeness (QED) is 0.0474. The molecular weight excluding hydrogens is 779 g/mol. The third-order valence-electron chi connectivity index (χ3n) is 17.4. The number of unbranched alkanes of at least 4 members (excludes halogenated alkanes) is 12. The Balaban J connectivity index is 0.912. The van der Waals surface area contributed by atoms with Gasteiger partial charge in [0.1, 0.15) is 0 Å². The summed E-state index contributed by atoms with van der Waals surface area (Å²) in [4.78, 5) is 2.50. The van der Waals surface area contributed by atoms with Crippen LogP contribution in [0.4, 0.5) is 0 Å². The Morgan fingerprint density at radius 2 is 1.43 bits per heavy atom. The van der Waals surface area contributed by atoms with E-state index in [1.807, 2.05) is 0 Å². The van der Waals surface area contributed by atoms with Gasteiger partial charge in [0, 0.05) is 26.2 Å². The maximum Gasteiger partial charge on any atom is 0.0821 e. The second-order valence-electron chi connectivity index (χ2n) is 22.4. The van der Waals surface area contributed by atoms with Crippen LogP contribution in [-0.4, -0.2) is 89.6 Å². The second-order valence-corrected chi connectivity index (χ2v) is 22.4. The van der Waals surface area contributed by atoms with E-state index in [1.54, 1.807) is 5.57 Å². The molecule has 4 aliphatic carbocycles. The highest BCUT2D eigenvalue weighted by Crippen LogP contribution is 2.67. The van der Waals surface area contributed by atoms with Gasteiger partial charge in [-0.1, -0.05) is 142 Å². The molecule has 6 heteroatoms. The largest absolute Gasteiger partial charge is 0.379 e. The monoisotopic (exact) mass is 882 g/mol. The fourth-order valence-corrected chi connectivity index (χ4v) is 13.5. The fourth-order valence-electron chi connectivity index (χ4n) is 13.5. The number of allylic oxidation sites excluding steroid dienone is 3. The number of rotatable bonds is 34. The average molecular weight is 882 g/mol. The van der Waals surface area contributed by atoms with Crippen molar-refractivity contribution in [3.63, 3.8) is 0 Å². The molecule has 5 aliphatic rings. The van der Waals surface area contributed by atoms with Crippen LogP contribution in [0.5, 0.6) is 0 Å². The van der Waals surface area contributed by atoms with Gasteiger partial charge in [-0.15, -0.1) is 0 Å². The van der Waals surface area contributed by atoms with E-state index in [4.69, 9.17) is 23.7 Å². The van der Waals surface area contributed by atoms with E-state index in [9.17, 15) is 0 Å². The van der Waals surface area contributed by atoms with Gasteiger partial charge in [0.15, 0.2) is 0 Å². The van der Waals surface area contributed by atoms with Crippen LogP contribution >= 0.6 is 0 Å². The molecule has 6 nitrogen and oxygen atoms in total. The van der Waals surface area contributed by atoms with E-state index in [0.717, 1.165) is 94.2 Å². The molecule has 366 valence electrons. The van der Waals surface area contributed by atoms with E-state index in [1.165, 1.54) is 148 Å².